The Labute approximate surface area is 135 Å². The Morgan fingerprint density at radius 1 is 1.41 bits per heavy atom. The van der Waals surface area contributed by atoms with Crippen molar-refractivity contribution in [3.05, 3.63) is 11.8 Å². The standard InChI is InChI=1S/C11H18N4O3.C2H6.CH5P/c1-14-8-9(10(12)16)11(13-14)18-7-4-15-2-5-17-6-3-15;2*1-2/h8H,2-7H2,1H3,(H2,12,16);1-2H3;2H2,1H3. The van der Waals surface area contributed by atoms with Gasteiger partial charge in [0.1, 0.15) is 12.2 Å². The highest BCUT2D eigenvalue weighted by molar-refractivity contribution is 7.15. The quantitative estimate of drug-likeness (QED) is 0.805. The Hall–Kier alpha value is -1.17. The number of rotatable bonds is 5. The first-order valence-electron chi connectivity index (χ1n) is 7.51. The summed E-state index contributed by atoms with van der Waals surface area (Å²) in [5.41, 5.74) is 5.56. The molecule has 2 N–H and O–H groups in total. The van der Waals surface area contributed by atoms with Crippen molar-refractivity contribution < 1.29 is 14.3 Å². The van der Waals surface area contributed by atoms with Crippen LogP contribution in [-0.2, 0) is 11.8 Å². The van der Waals surface area contributed by atoms with Gasteiger partial charge in [-0.15, -0.1) is 14.3 Å². The lowest BCUT2D eigenvalue weighted by molar-refractivity contribution is 0.0319. The van der Waals surface area contributed by atoms with Crippen molar-refractivity contribution in [2.45, 2.75) is 13.8 Å². The van der Waals surface area contributed by atoms with Crippen LogP contribution < -0.4 is 10.5 Å². The summed E-state index contributed by atoms with van der Waals surface area (Å²) in [5.74, 6) is -0.220. The van der Waals surface area contributed by atoms with Crippen LogP contribution in [0.15, 0.2) is 6.20 Å². The smallest absolute Gasteiger partial charge is 0.255 e. The second kappa shape index (κ2) is 12.4. The van der Waals surface area contributed by atoms with Crippen molar-refractivity contribution in [3.63, 3.8) is 0 Å². The number of hydrogen-bond donors (Lipinski definition) is 1. The van der Waals surface area contributed by atoms with Gasteiger partial charge in [0.05, 0.1) is 13.2 Å². The highest BCUT2D eigenvalue weighted by atomic mass is 31.0. The van der Waals surface area contributed by atoms with Gasteiger partial charge in [0.25, 0.3) is 5.91 Å². The van der Waals surface area contributed by atoms with Gasteiger partial charge in [-0.25, -0.2) is 0 Å². The first-order chi connectivity index (χ1) is 10.7. The summed E-state index contributed by atoms with van der Waals surface area (Å²) in [4.78, 5) is 13.4. The molecule has 1 fully saturated rings. The Morgan fingerprint density at radius 3 is 2.55 bits per heavy atom. The van der Waals surface area contributed by atoms with Crippen LogP contribution in [0.2, 0.25) is 0 Å². The van der Waals surface area contributed by atoms with Gasteiger partial charge in [-0.3, -0.25) is 14.4 Å². The molecule has 0 aromatic carbocycles. The maximum Gasteiger partial charge on any atom is 0.255 e. The maximum atomic E-state index is 11.2. The number of carbonyl (C=O) groups excluding carboxylic acids is 1. The largest absolute Gasteiger partial charge is 0.475 e. The van der Waals surface area contributed by atoms with E-state index in [9.17, 15) is 4.79 Å². The molecule has 2 rings (SSSR count). The summed E-state index contributed by atoms with van der Waals surface area (Å²) >= 11 is 0. The van der Waals surface area contributed by atoms with Crippen molar-refractivity contribution in [1.82, 2.24) is 14.7 Å². The summed E-state index contributed by atoms with van der Waals surface area (Å²) in [6.07, 6.45) is 1.56. The van der Waals surface area contributed by atoms with Gasteiger partial charge < -0.3 is 15.2 Å². The number of nitrogens with zero attached hydrogens (tertiary/aromatic N) is 3. The Morgan fingerprint density at radius 2 is 2.00 bits per heavy atom. The SMILES string of the molecule is CC.CP.Cn1cc(C(N)=O)c(OCCN2CCOCC2)n1. The van der Waals surface area contributed by atoms with Crippen LogP contribution in [0.5, 0.6) is 5.88 Å². The number of aryl methyl sites for hydroxylation is 1. The average molecular weight is 332 g/mol. The summed E-state index contributed by atoms with van der Waals surface area (Å²) in [6.45, 7) is 10.5. The second-order valence-corrected chi connectivity index (χ2v) is 4.19. The first kappa shape index (κ1) is 20.8. The van der Waals surface area contributed by atoms with Crippen molar-refractivity contribution in [3.8, 4) is 5.88 Å². The minimum absolute atomic E-state index is 0.304. The number of primary amides is 1. The van der Waals surface area contributed by atoms with Gasteiger partial charge in [-0.05, 0) is 0 Å². The molecule has 1 amide bonds. The van der Waals surface area contributed by atoms with Crippen LogP contribution in [0, 0.1) is 0 Å². The average Bonchev–Trinajstić information content (AvgIpc) is 2.93. The molecular weight excluding hydrogens is 303 g/mol. The number of hydrogen-bond acceptors (Lipinski definition) is 5. The van der Waals surface area contributed by atoms with E-state index in [1.54, 1.807) is 13.2 Å². The van der Waals surface area contributed by atoms with Crippen LogP contribution >= 0.6 is 9.24 Å². The van der Waals surface area contributed by atoms with E-state index < -0.39 is 5.91 Å². The zero-order valence-corrected chi connectivity index (χ0v) is 15.2. The summed E-state index contributed by atoms with van der Waals surface area (Å²) < 4.78 is 12.3. The van der Waals surface area contributed by atoms with Gasteiger partial charge in [-0.2, -0.15) is 0 Å². The lowest BCUT2D eigenvalue weighted by atomic mass is 10.3. The van der Waals surface area contributed by atoms with Crippen LogP contribution in [0.3, 0.4) is 0 Å². The molecule has 8 heteroatoms. The van der Waals surface area contributed by atoms with E-state index in [0.29, 0.717) is 18.1 Å². The molecule has 1 atom stereocenters. The van der Waals surface area contributed by atoms with Crippen molar-refractivity contribution in [2.75, 3.05) is 46.1 Å². The van der Waals surface area contributed by atoms with E-state index in [0.717, 1.165) is 32.8 Å². The van der Waals surface area contributed by atoms with Crippen LogP contribution in [0.25, 0.3) is 0 Å². The number of amides is 1. The molecule has 128 valence electrons. The molecule has 1 aromatic rings. The van der Waals surface area contributed by atoms with Gasteiger partial charge in [0, 0.05) is 32.9 Å². The van der Waals surface area contributed by atoms with E-state index in [1.165, 1.54) is 4.68 Å². The third-order valence-corrected chi connectivity index (χ3v) is 2.81. The van der Waals surface area contributed by atoms with Gasteiger partial charge >= 0.3 is 0 Å². The van der Waals surface area contributed by atoms with Crippen molar-refractivity contribution in [2.24, 2.45) is 12.8 Å². The number of carbonyl (C=O) groups is 1. The van der Waals surface area contributed by atoms with E-state index in [2.05, 4.69) is 19.2 Å². The minimum Gasteiger partial charge on any atom is -0.475 e. The van der Waals surface area contributed by atoms with Gasteiger partial charge in [-0.1, -0.05) is 20.5 Å². The van der Waals surface area contributed by atoms with Crippen LogP contribution in [-0.4, -0.2) is 66.7 Å². The zero-order valence-electron chi connectivity index (χ0n) is 14.0. The van der Waals surface area contributed by atoms with Crippen molar-refractivity contribution >= 4 is 15.1 Å². The molecule has 7 nitrogen and oxygen atoms in total. The molecule has 22 heavy (non-hydrogen) atoms. The molecule has 0 bridgehead atoms. The summed E-state index contributed by atoms with van der Waals surface area (Å²) in [7, 11) is 4.14. The molecule has 1 saturated heterocycles. The Bertz CT molecular complexity index is 420. The fourth-order valence-electron chi connectivity index (χ4n) is 1.84. The topological polar surface area (TPSA) is 82.6 Å². The predicted molar refractivity (Wildman–Crippen MR) is 91.5 cm³/mol. The predicted octanol–water partition coefficient (Wildman–Crippen LogP) is 0.747. The highest BCUT2D eigenvalue weighted by Crippen LogP contribution is 2.14. The molecule has 0 spiro atoms. The van der Waals surface area contributed by atoms with E-state index in [4.69, 9.17) is 15.2 Å². The van der Waals surface area contributed by atoms with E-state index >= 15 is 0 Å². The highest BCUT2D eigenvalue weighted by Gasteiger charge is 2.15. The van der Waals surface area contributed by atoms with Gasteiger partial charge in [0.15, 0.2) is 0 Å². The molecule has 1 aromatic heterocycles. The Balaban J connectivity index is 0.00000102. The second-order valence-electron chi connectivity index (χ2n) is 4.19. The maximum absolute atomic E-state index is 11.2. The third-order valence-electron chi connectivity index (χ3n) is 2.81. The third kappa shape index (κ3) is 7.20. The number of aromatic nitrogens is 2. The van der Waals surface area contributed by atoms with E-state index in [-0.39, 0.29) is 0 Å². The van der Waals surface area contributed by atoms with Crippen LogP contribution in [0.4, 0.5) is 0 Å². The summed E-state index contributed by atoms with van der Waals surface area (Å²) in [6, 6.07) is 0. The van der Waals surface area contributed by atoms with Gasteiger partial charge in [0.2, 0.25) is 5.88 Å². The Kier molecular flexibility index (Phi) is 11.7. The van der Waals surface area contributed by atoms with Crippen LogP contribution in [0.1, 0.15) is 24.2 Å². The number of ether oxygens (including phenoxy) is 2. The number of nitrogens with two attached hydrogens (primary N) is 1. The normalized spacial score (nSPS) is 14.2. The lowest BCUT2D eigenvalue weighted by Crippen LogP contribution is -2.38. The molecule has 0 aliphatic carbocycles. The fourth-order valence-corrected chi connectivity index (χ4v) is 1.84. The monoisotopic (exact) mass is 332 g/mol. The molecule has 1 unspecified atom stereocenters. The first-order valence-corrected chi connectivity index (χ1v) is 8.66. The lowest BCUT2D eigenvalue weighted by Gasteiger charge is -2.26. The molecule has 1 aliphatic rings. The molecule has 1 aliphatic heterocycles. The molecule has 0 radical (unpaired) electrons. The molecule has 0 saturated carbocycles. The fraction of sp³-hybridized carbons (Fsp3) is 0.714. The van der Waals surface area contributed by atoms with Crippen molar-refractivity contribution in [1.29, 1.82) is 0 Å². The zero-order chi connectivity index (χ0) is 17.0. The minimum atomic E-state index is -0.524. The molecule has 2 heterocycles. The van der Waals surface area contributed by atoms with E-state index in [1.807, 2.05) is 20.5 Å². The molecular formula is C14H29N4O3P. The number of morpholine rings is 1. The summed E-state index contributed by atoms with van der Waals surface area (Å²) in [5, 5.41) is 4.06.